The zero-order valence-electron chi connectivity index (χ0n) is 14.0. The van der Waals surface area contributed by atoms with Gasteiger partial charge in [-0.2, -0.15) is 0 Å². The smallest absolute Gasteiger partial charge is 0.322 e. The Bertz CT molecular complexity index is 803. The van der Waals surface area contributed by atoms with E-state index < -0.39 is 33.8 Å². The van der Waals surface area contributed by atoms with Crippen molar-refractivity contribution in [3.8, 4) is 0 Å². The minimum absolute atomic E-state index is 0.108. The third-order valence-electron chi connectivity index (χ3n) is 4.45. The van der Waals surface area contributed by atoms with Gasteiger partial charge in [0.2, 0.25) is 10.0 Å². The minimum Gasteiger partial charge on any atom is -0.349 e. The van der Waals surface area contributed by atoms with Crippen LogP contribution in [0.25, 0.3) is 0 Å². The van der Waals surface area contributed by atoms with E-state index in [1.165, 1.54) is 4.31 Å². The molecule has 0 aliphatic carbocycles. The molecule has 140 valence electrons. The highest BCUT2D eigenvalue weighted by atomic mass is 32.2. The van der Waals surface area contributed by atoms with Crippen molar-refractivity contribution in [2.45, 2.75) is 24.9 Å². The maximum Gasteiger partial charge on any atom is 0.322 e. The minimum atomic E-state index is -3.68. The number of benzene rings is 1. The van der Waals surface area contributed by atoms with Crippen LogP contribution in [0.5, 0.6) is 0 Å². The van der Waals surface area contributed by atoms with Gasteiger partial charge in [-0.25, -0.2) is 17.5 Å². The van der Waals surface area contributed by atoms with Crippen LogP contribution in [0.1, 0.15) is 23.2 Å². The van der Waals surface area contributed by atoms with Crippen molar-refractivity contribution in [1.82, 2.24) is 20.3 Å². The molecule has 4 amide bonds. The Labute approximate surface area is 151 Å². The first-order valence-corrected chi connectivity index (χ1v) is 9.91. The number of piperidine rings is 1. The van der Waals surface area contributed by atoms with Crippen molar-refractivity contribution in [3.63, 3.8) is 0 Å². The molecule has 3 rings (SSSR count). The predicted molar refractivity (Wildman–Crippen MR) is 92.8 cm³/mol. The summed E-state index contributed by atoms with van der Waals surface area (Å²) in [5, 5.41) is 7.22. The Hall–Kier alpha value is -2.46. The monoisotopic (exact) mass is 380 g/mol. The van der Waals surface area contributed by atoms with Gasteiger partial charge in [0.05, 0.1) is 5.75 Å². The summed E-state index contributed by atoms with van der Waals surface area (Å²) in [7, 11) is -3.68. The molecule has 2 saturated heterocycles. The number of nitrogens with one attached hydrogen (secondary N) is 3. The molecule has 0 spiro atoms. The van der Waals surface area contributed by atoms with E-state index in [1.807, 2.05) is 11.4 Å². The molecule has 0 saturated carbocycles. The van der Waals surface area contributed by atoms with Gasteiger partial charge in [0, 0.05) is 24.7 Å². The van der Waals surface area contributed by atoms with E-state index in [1.54, 1.807) is 24.3 Å². The van der Waals surface area contributed by atoms with Gasteiger partial charge >= 0.3 is 6.03 Å². The van der Waals surface area contributed by atoms with Crippen molar-refractivity contribution in [2.24, 2.45) is 0 Å². The molecule has 0 radical (unpaired) electrons. The molecule has 1 aromatic rings. The summed E-state index contributed by atoms with van der Waals surface area (Å²) in [4.78, 5) is 34.8. The summed E-state index contributed by atoms with van der Waals surface area (Å²) in [6.07, 6.45) is 0.974. The topological polar surface area (TPSA) is 125 Å². The summed E-state index contributed by atoms with van der Waals surface area (Å²) >= 11 is 0. The maximum absolute atomic E-state index is 12.5. The number of hydrogen-bond acceptors (Lipinski definition) is 5. The fraction of sp³-hybridized carbons (Fsp3) is 0.438. The average Bonchev–Trinajstić information content (AvgIpc) is 2.92. The van der Waals surface area contributed by atoms with E-state index >= 15 is 0 Å². The molecular formula is C16H20N4O5S. The third-order valence-corrected chi connectivity index (χ3v) is 6.36. The normalized spacial score (nSPS) is 21.9. The van der Waals surface area contributed by atoms with Crippen molar-refractivity contribution in [2.75, 3.05) is 18.8 Å². The SMILES string of the molecule is O=C1NC(=O)[C@@H](CS(=O)(=O)N2CCC(NC(=O)c3ccccc3)CC2)N1. The van der Waals surface area contributed by atoms with Gasteiger partial charge in [-0.1, -0.05) is 18.2 Å². The lowest BCUT2D eigenvalue weighted by atomic mass is 10.1. The maximum atomic E-state index is 12.5. The second-order valence-corrected chi connectivity index (χ2v) is 8.32. The Balaban J connectivity index is 1.52. The number of nitrogens with zero attached hydrogens (tertiary/aromatic N) is 1. The molecule has 1 aromatic carbocycles. The Morgan fingerprint density at radius 1 is 1.15 bits per heavy atom. The molecule has 3 N–H and O–H groups in total. The molecule has 10 heteroatoms. The lowest BCUT2D eigenvalue weighted by Crippen LogP contribution is -2.49. The van der Waals surface area contributed by atoms with E-state index in [0.29, 0.717) is 18.4 Å². The van der Waals surface area contributed by atoms with E-state index in [4.69, 9.17) is 0 Å². The van der Waals surface area contributed by atoms with Crippen molar-refractivity contribution < 1.29 is 22.8 Å². The first-order valence-electron chi connectivity index (χ1n) is 8.30. The van der Waals surface area contributed by atoms with E-state index in [0.717, 1.165) is 0 Å². The zero-order chi connectivity index (χ0) is 18.7. The molecule has 2 heterocycles. The van der Waals surface area contributed by atoms with E-state index in [9.17, 15) is 22.8 Å². The highest BCUT2D eigenvalue weighted by Gasteiger charge is 2.37. The number of sulfonamides is 1. The average molecular weight is 380 g/mol. The van der Waals surface area contributed by atoms with Gasteiger partial charge in [0.1, 0.15) is 6.04 Å². The van der Waals surface area contributed by atoms with Crippen LogP contribution in [0.3, 0.4) is 0 Å². The van der Waals surface area contributed by atoms with Gasteiger partial charge in [0.25, 0.3) is 11.8 Å². The number of hydrogen-bond donors (Lipinski definition) is 3. The Kier molecular flexibility index (Phi) is 5.23. The summed E-state index contributed by atoms with van der Waals surface area (Å²) in [5.74, 6) is -1.29. The molecule has 26 heavy (non-hydrogen) atoms. The molecule has 2 aliphatic rings. The summed E-state index contributed by atoms with van der Waals surface area (Å²) in [6, 6.07) is 6.97. The Morgan fingerprint density at radius 3 is 2.38 bits per heavy atom. The fourth-order valence-electron chi connectivity index (χ4n) is 3.03. The molecule has 1 atom stereocenters. The largest absolute Gasteiger partial charge is 0.349 e. The van der Waals surface area contributed by atoms with Crippen LogP contribution in [0.2, 0.25) is 0 Å². The van der Waals surface area contributed by atoms with Gasteiger partial charge in [-0.3, -0.25) is 14.9 Å². The third kappa shape index (κ3) is 4.20. The molecule has 0 unspecified atom stereocenters. The lowest BCUT2D eigenvalue weighted by molar-refractivity contribution is -0.119. The van der Waals surface area contributed by atoms with Gasteiger partial charge in [-0.15, -0.1) is 0 Å². The predicted octanol–water partition coefficient (Wildman–Crippen LogP) is -0.581. The molecule has 2 aliphatic heterocycles. The van der Waals surface area contributed by atoms with Crippen LogP contribution in [-0.4, -0.2) is 61.5 Å². The van der Waals surface area contributed by atoms with Crippen molar-refractivity contribution in [3.05, 3.63) is 35.9 Å². The highest BCUT2D eigenvalue weighted by molar-refractivity contribution is 7.89. The second-order valence-electron chi connectivity index (χ2n) is 6.31. The molecule has 0 bridgehead atoms. The quantitative estimate of drug-likeness (QED) is 0.590. The number of urea groups is 1. The summed E-state index contributed by atoms with van der Waals surface area (Å²) in [6.45, 7) is 0.509. The van der Waals surface area contributed by atoms with Crippen LogP contribution < -0.4 is 16.0 Å². The molecule has 9 nitrogen and oxygen atoms in total. The van der Waals surface area contributed by atoms with Crippen LogP contribution in [-0.2, 0) is 14.8 Å². The zero-order valence-corrected chi connectivity index (χ0v) is 14.8. The number of carbonyl (C=O) groups excluding carboxylic acids is 3. The number of amides is 4. The highest BCUT2D eigenvalue weighted by Crippen LogP contribution is 2.16. The van der Waals surface area contributed by atoms with Crippen LogP contribution in [0.4, 0.5) is 4.79 Å². The van der Waals surface area contributed by atoms with Gasteiger partial charge in [-0.05, 0) is 25.0 Å². The fourth-order valence-corrected chi connectivity index (χ4v) is 4.66. The second kappa shape index (κ2) is 7.42. The molecule has 2 fully saturated rings. The standard InChI is InChI=1S/C16H20N4O5S/c21-14(11-4-2-1-3-5-11)17-12-6-8-20(9-7-12)26(24,25)10-13-15(22)19-16(23)18-13/h1-5,12-13H,6-10H2,(H,17,21)(H2,18,19,22,23)/t13-/m1/s1. The first kappa shape index (κ1) is 18.3. The first-order chi connectivity index (χ1) is 12.3. The van der Waals surface area contributed by atoms with E-state index in [-0.39, 0.29) is 25.0 Å². The van der Waals surface area contributed by atoms with Crippen LogP contribution in [0.15, 0.2) is 30.3 Å². The number of carbonyl (C=O) groups is 3. The molecule has 0 aromatic heterocycles. The molecular weight excluding hydrogens is 360 g/mol. The van der Waals surface area contributed by atoms with Gasteiger partial charge in [0.15, 0.2) is 0 Å². The number of rotatable bonds is 5. The summed E-state index contributed by atoms with van der Waals surface area (Å²) < 4.78 is 26.2. The summed E-state index contributed by atoms with van der Waals surface area (Å²) in [5.41, 5.74) is 0.561. The van der Waals surface area contributed by atoms with Crippen molar-refractivity contribution in [1.29, 1.82) is 0 Å². The number of imide groups is 1. The van der Waals surface area contributed by atoms with Crippen LogP contribution in [0, 0.1) is 0 Å². The van der Waals surface area contributed by atoms with Crippen molar-refractivity contribution >= 4 is 27.9 Å². The van der Waals surface area contributed by atoms with Gasteiger partial charge < -0.3 is 10.6 Å². The Morgan fingerprint density at radius 2 is 1.81 bits per heavy atom. The lowest BCUT2D eigenvalue weighted by Gasteiger charge is -2.32. The van der Waals surface area contributed by atoms with E-state index in [2.05, 4.69) is 10.6 Å². The van der Waals surface area contributed by atoms with Crippen LogP contribution >= 0.6 is 0 Å².